The molecule has 28 heavy (non-hydrogen) atoms. The molecule has 7 nitrogen and oxygen atoms in total. The summed E-state index contributed by atoms with van der Waals surface area (Å²) in [5.74, 6) is -0.549. The molecule has 3 N–H and O–H groups in total. The molecule has 0 aliphatic heterocycles. The van der Waals surface area contributed by atoms with Crippen LogP contribution in [-0.4, -0.2) is 26.7 Å². The van der Waals surface area contributed by atoms with Gasteiger partial charge >= 0.3 is 6.03 Å². The molecule has 1 aromatic heterocycles. The van der Waals surface area contributed by atoms with Gasteiger partial charge in [-0.25, -0.2) is 9.78 Å². The molecule has 0 aliphatic carbocycles. The van der Waals surface area contributed by atoms with E-state index in [2.05, 4.69) is 10.3 Å². The highest BCUT2D eigenvalue weighted by Gasteiger charge is 2.21. The van der Waals surface area contributed by atoms with E-state index < -0.39 is 17.2 Å². The molecule has 1 atom stereocenters. The summed E-state index contributed by atoms with van der Waals surface area (Å²) in [6, 6.07) is 11.9. The third-order valence-electron chi connectivity index (χ3n) is 4.11. The number of benzene rings is 2. The van der Waals surface area contributed by atoms with Gasteiger partial charge in [0.1, 0.15) is 0 Å². The highest BCUT2D eigenvalue weighted by molar-refractivity contribution is 8.00. The number of carbonyl (C=O) groups is 2. The number of fused-ring (bicyclic) bond motifs is 1. The van der Waals surface area contributed by atoms with E-state index in [1.54, 1.807) is 31.2 Å². The average molecular weight is 396 g/mol. The van der Waals surface area contributed by atoms with Gasteiger partial charge in [-0.05, 0) is 56.2 Å². The Morgan fingerprint density at radius 3 is 2.43 bits per heavy atom. The minimum Gasteiger partial charge on any atom is -0.351 e. The minimum absolute atomic E-state index is 0.222. The maximum atomic E-state index is 13.2. The Hall–Kier alpha value is -3.13. The molecule has 0 saturated heterocycles. The third kappa shape index (κ3) is 4.07. The van der Waals surface area contributed by atoms with E-state index in [1.165, 1.54) is 4.57 Å². The van der Waals surface area contributed by atoms with Crippen molar-refractivity contribution in [3.63, 3.8) is 0 Å². The van der Waals surface area contributed by atoms with Crippen LogP contribution in [-0.2, 0) is 4.79 Å². The number of nitrogens with zero attached hydrogens (tertiary/aromatic N) is 2. The van der Waals surface area contributed by atoms with E-state index in [4.69, 9.17) is 5.73 Å². The van der Waals surface area contributed by atoms with Crippen molar-refractivity contribution in [3.8, 4) is 5.69 Å². The molecule has 0 radical (unpaired) electrons. The second kappa shape index (κ2) is 7.85. The number of aromatic nitrogens is 2. The zero-order valence-electron chi connectivity index (χ0n) is 15.7. The molecule has 3 amide bonds. The third-order valence-corrected chi connectivity index (χ3v) is 5.16. The Labute approximate surface area is 166 Å². The summed E-state index contributed by atoms with van der Waals surface area (Å²) in [6.45, 7) is 5.52. The Morgan fingerprint density at radius 1 is 1.14 bits per heavy atom. The number of hydrogen-bond donors (Lipinski definition) is 2. The molecule has 0 saturated carbocycles. The lowest BCUT2D eigenvalue weighted by atomic mass is 10.1. The maximum absolute atomic E-state index is 13.2. The lowest BCUT2D eigenvalue weighted by Gasteiger charge is -2.16. The standard InChI is InChI=1S/C20H20N4O3S/c1-11-8-12(2)10-14(9-11)24-18(26)15-6-4-5-7-16(15)22-20(24)28-13(3)17(25)23-19(21)27/h4-10,13H,1-3H3,(H3,21,23,25,27)/t13-/m1/s1. The lowest BCUT2D eigenvalue weighted by molar-refractivity contribution is -0.119. The van der Waals surface area contributed by atoms with E-state index in [0.29, 0.717) is 21.7 Å². The molecule has 3 rings (SSSR count). The predicted octanol–water partition coefficient (Wildman–Crippen LogP) is 2.68. The van der Waals surface area contributed by atoms with E-state index in [1.807, 2.05) is 32.0 Å². The van der Waals surface area contributed by atoms with Crippen molar-refractivity contribution >= 4 is 34.6 Å². The molecule has 0 fully saturated rings. The van der Waals surface area contributed by atoms with Crippen molar-refractivity contribution in [2.75, 3.05) is 0 Å². The zero-order chi connectivity index (χ0) is 20.4. The van der Waals surface area contributed by atoms with E-state index in [0.717, 1.165) is 22.9 Å². The van der Waals surface area contributed by atoms with Crippen LogP contribution < -0.4 is 16.6 Å². The number of aryl methyl sites for hydroxylation is 2. The first kappa shape index (κ1) is 19.6. The normalized spacial score (nSPS) is 12.0. The Morgan fingerprint density at radius 2 is 1.79 bits per heavy atom. The number of thioether (sulfide) groups is 1. The molecule has 3 aromatic rings. The summed E-state index contributed by atoms with van der Waals surface area (Å²) in [6.07, 6.45) is 0. The monoisotopic (exact) mass is 396 g/mol. The summed E-state index contributed by atoms with van der Waals surface area (Å²) in [5.41, 5.74) is 8.03. The first-order valence-corrected chi connectivity index (χ1v) is 9.51. The molecule has 0 aliphatic rings. The van der Waals surface area contributed by atoms with Crippen LogP contribution in [0, 0.1) is 13.8 Å². The minimum atomic E-state index is -0.921. The number of amides is 3. The van der Waals surface area contributed by atoms with Crippen molar-refractivity contribution in [3.05, 3.63) is 63.9 Å². The van der Waals surface area contributed by atoms with E-state index in [-0.39, 0.29) is 5.56 Å². The van der Waals surface area contributed by atoms with E-state index >= 15 is 0 Å². The number of urea groups is 1. The number of nitrogens with two attached hydrogens (primary N) is 1. The Kier molecular flexibility index (Phi) is 5.51. The van der Waals surface area contributed by atoms with Crippen LogP contribution in [0.5, 0.6) is 0 Å². The summed E-state index contributed by atoms with van der Waals surface area (Å²) in [7, 11) is 0. The van der Waals surface area contributed by atoms with Crippen LogP contribution in [0.2, 0.25) is 0 Å². The van der Waals surface area contributed by atoms with E-state index in [9.17, 15) is 14.4 Å². The SMILES string of the molecule is Cc1cc(C)cc(-n2c(S[C@H](C)C(=O)NC(N)=O)nc3ccccc3c2=O)c1. The van der Waals surface area contributed by atoms with Gasteiger partial charge < -0.3 is 5.73 Å². The maximum Gasteiger partial charge on any atom is 0.318 e. The summed E-state index contributed by atoms with van der Waals surface area (Å²) in [5, 5.41) is 2.22. The van der Waals surface area contributed by atoms with Crippen molar-refractivity contribution in [2.24, 2.45) is 5.73 Å². The number of carbonyl (C=O) groups excluding carboxylic acids is 2. The van der Waals surface area contributed by atoms with Crippen LogP contribution in [0.25, 0.3) is 16.6 Å². The van der Waals surface area contributed by atoms with Crippen molar-refractivity contribution < 1.29 is 9.59 Å². The first-order valence-electron chi connectivity index (χ1n) is 8.63. The lowest BCUT2D eigenvalue weighted by Crippen LogP contribution is -2.39. The van der Waals surface area contributed by atoms with Gasteiger partial charge in [0, 0.05) is 0 Å². The van der Waals surface area contributed by atoms with Crippen molar-refractivity contribution in [2.45, 2.75) is 31.2 Å². The van der Waals surface area contributed by atoms with Gasteiger partial charge in [0.25, 0.3) is 5.56 Å². The van der Waals surface area contributed by atoms with Gasteiger partial charge in [-0.1, -0.05) is 30.0 Å². The molecule has 0 unspecified atom stereocenters. The average Bonchev–Trinajstić information content (AvgIpc) is 2.60. The molecule has 0 spiro atoms. The van der Waals surface area contributed by atoms with Gasteiger partial charge in [0.05, 0.1) is 21.8 Å². The Balaban J connectivity index is 2.18. The molecule has 2 aromatic carbocycles. The van der Waals surface area contributed by atoms with Crippen LogP contribution in [0.4, 0.5) is 4.79 Å². The number of nitrogens with one attached hydrogen (secondary N) is 1. The second-order valence-electron chi connectivity index (χ2n) is 6.51. The van der Waals surface area contributed by atoms with Crippen LogP contribution in [0.1, 0.15) is 18.1 Å². The van der Waals surface area contributed by atoms with Crippen LogP contribution in [0.3, 0.4) is 0 Å². The fraction of sp³-hybridized carbons (Fsp3) is 0.200. The Bertz CT molecular complexity index is 1120. The van der Waals surface area contributed by atoms with Gasteiger partial charge in [-0.15, -0.1) is 0 Å². The highest BCUT2D eigenvalue weighted by atomic mass is 32.2. The summed E-state index contributed by atoms with van der Waals surface area (Å²) < 4.78 is 1.50. The predicted molar refractivity (Wildman–Crippen MR) is 110 cm³/mol. The molecular formula is C20H20N4O3S. The van der Waals surface area contributed by atoms with Gasteiger partial charge in [0.15, 0.2) is 5.16 Å². The molecule has 0 bridgehead atoms. The van der Waals surface area contributed by atoms with Gasteiger partial charge in [-0.3, -0.25) is 19.5 Å². The molecule has 1 heterocycles. The zero-order valence-corrected chi connectivity index (χ0v) is 16.5. The highest BCUT2D eigenvalue weighted by Crippen LogP contribution is 2.26. The smallest absolute Gasteiger partial charge is 0.318 e. The fourth-order valence-electron chi connectivity index (χ4n) is 2.93. The first-order chi connectivity index (χ1) is 13.3. The quantitative estimate of drug-likeness (QED) is 0.521. The van der Waals surface area contributed by atoms with Crippen LogP contribution in [0.15, 0.2) is 52.4 Å². The molecule has 144 valence electrons. The fourth-order valence-corrected chi connectivity index (χ4v) is 3.86. The number of primary amides is 1. The number of rotatable bonds is 4. The largest absolute Gasteiger partial charge is 0.351 e. The van der Waals surface area contributed by atoms with Gasteiger partial charge in [-0.2, -0.15) is 0 Å². The number of hydrogen-bond acceptors (Lipinski definition) is 5. The molecule has 8 heteroatoms. The van der Waals surface area contributed by atoms with Crippen molar-refractivity contribution in [1.29, 1.82) is 0 Å². The van der Waals surface area contributed by atoms with Crippen LogP contribution >= 0.6 is 11.8 Å². The van der Waals surface area contributed by atoms with Crippen molar-refractivity contribution in [1.82, 2.24) is 14.9 Å². The second-order valence-corrected chi connectivity index (χ2v) is 7.82. The molecular weight excluding hydrogens is 376 g/mol. The number of imide groups is 1. The van der Waals surface area contributed by atoms with Gasteiger partial charge in [0.2, 0.25) is 5.91 Å². The topological polar surface area (TPSA) is 107 Å². The summed E-state index contributed by atoms with van der Waals surface area (Å²) >= 11 is 1.09. The summed E-state index contributed by atoms with van der Waals surface area (Å²) in [4.78, 5) is 40.9. The number of para-hydroxylation sites is 1.